The smallest absolute Gasteiger partial charge is 0.132 e. The molecule has 0 saturated carbocycles. The third kappa shape index (κ3) is 2.02. The lowest BCUT2D eigenvalue weighted by Gasteiger charge is -2.15. The van der Waals surface area contributed by atoms with Crippen LogP contribution in [0.3, 0.4) is 0 Å². The number of nitrogens with two attached hydrogens (primary N) is 1. The first-order chi connectivity index (χ1) is 6.60. The zero-order chi connectivity index (χ0) is 10.7. The van der Waals surface area contributed by atoms with Crippen LogP contribution in [0.5, 0.6) is 5.75 Å². The van der Waals surface area contributed by atoms with E-state index in [0.29, 0.717) is 5.75 Å². The molecule has 0 aliphatic carbocycles. The number of rotatable bonds is 3. The molecule has 0 aliphatic heterocycles. The minimum absolute atomic E-state index is 0.223. The summed E-state index contributed by atoms with van der Waals surface area (Å²) in [5.74, 6) is -0.0625. The first-order valence-electron chi connectivity index (χ1n) is 4.30. The van der Waals surface area contributed by atoms with Crippen molar-refractivity contribution >= 4 is 0 Å². The van der Waals surface area contributed by atoms with E-state index in [4.69, 9.17) is 15.6 Å². The zero-order valence-corrected chi connectivity index (χ0v) is 8.25. The summed E-state index contributed by atoms with van der Waals surface area (Å²) in [5, 5.41) is 8.85. The normalized spacial score (nSPS) is 12.6. The van der Waals surface area contributed by atoms with Gasteiger partial charge >= 0.3 is 0 Å². The SMILES string of the molecule is COc1cc(C)cc(F)c1[C@H](N)CO. The fraction of sp³-hybridized carbons (Fsp3) is 0.400. The van der Waals surface area contributed by atoms with Gasteiger partial charge in [0.25, 0.3) is 0 Å². The molecule has 1 aromatic carbocycles. The second kappa shape index (κ2) is 4.39. The third-order valence-corrected chi connectivity index (χ3v) is 2.02. The van der Waals surface area contributed by atoms with Gasteiger partial charge in [-0.1, -0.05) is 0 Å². The van der Waals surface area contributed by atoms with E-state index < -0.39 is 11.9 Å². The average Bonchev–Trinajstić information content (AvgIpc) is 2.15. The average molecular weight is 199 g/mol. The molecular formula is C10H14FNO2. The van der Waals surface area contributed by atoms with E-state index in [0.717, 1.165) is 5.56 Å². The maximum atomic E-state index is 13.5. The fourth-order valence-electron chi connectivity index (χ4n) is 1.34. The summed E-state index contributed by atoms with van der Waals surface area (Å²) in [7, 11) is 1.45. The number of methoxy groups -OCH3 is 1. The molecule has 0 unspecified atom stereocenters. The Labute approximate surface area is 82.3 Å². The maximum absolute atomic E-state index is 13.5. The Bertz CT molecular complexity index is 328. The van der Waals surface area contributed by atoms with E-state index in [9.17, 15) is 4.39 Å². The van der Waals surface area contributed by atoms with Gasteiger partial charge in [0.05, 0.1) is 19.8 Å². The Kier molecular flexibility index (Phi) is 3.43. The fourth-order valence-corrected chi connectivity index (χ4v) is 1.34. The third-order valence-electron chi connectivity index (χ3n) is 2.02. The summed E-state index contributed by atoms with van der Waals surface area (Å²) in [6, 6.07) is 2.31. The van der Waals surface area contributed by atoms with Gasteiger partial charge in [0.15, 0.2) is 0 Å². The van der Waals surface area contributed by atoms with Crippen LogP contribution in [0.1, 0.15) is 17.2 Å². The van der Waals surface area contributed by atoms with Crippen molar-refractivity contribution in [2.75, 3.05) is 13.7 Å². The minimum atomic E-state index is -0.745. The molecule has 0 fully saturated rings. The largest absolute Gasteiger partial charge is 0.496 e. The Morgan fingerprint density at radius 2 is 2.21 bits per heavy atom. The summed E-state index contributed by atoms with van der Waals surface area (Å²) in [4.78, 5) is 0. The van der Waals surface area contributed by atoms with Crippen molar-refractivity contribution in [1.82, 2.24) is 0 Å². The Morgan fingerprint density at radius 1 is 1.57 bits per heavy atom. The number of aryl methyl sites for hydroxylation is 1. The van der Waals surface area contributed by atoms with Crippen molar-refractivity contribution in [1.29, 1.82) is 0 Å². The van der Waals surface area contributed by atoms with Crippen molar-refractivity contribution in [2.24, 2.45) is 5.73 Å². The minimum Gasteiger partial charge on any atom is -0.496 e. The molecule has 0 radical (unpaired) electrons. The molecule has 14 heavy (non-hydrogen) atoms. The Morgan fingerprint density at radius 3 is 2.71 bits per heavy atom. The summed E-state index contributed by atoms with van der Waals surface area (Å²) in [6.45, 7) is 1.45. The van der Waals surface area contributed by atoms with Gasteiger partial charge in [0, 0.05) is 5.56 Å². The molecule has 78 valence electrons. The number of aliphatic hydroxyl groups is 1. The predicted octanol–water partition coefficient (Wildman–Crippen LogP) is 1.13. The van der Waals surface area contributed by atoms with Crippen LogP contribution >= 0.6 is 0 Å². The van der Waals surface area contributed by atoms with Crippen molar-refractivity contribution < 1.29 is 14.2 Å². The summed E-state index contributed by atoms with van der Waals surface area (Å²) in [6.07, 6.45) is 0. The lowest BCUT2D eigenvalue weighted by molar-refractivity contribution is 0.261. The lowest BCUT2D eigenvalue weighted by atomic mass is 10.0. The number of ether oxygens (including phenoxy) is 1. The van der Waals surface area contributed by atoms with Crippen molar-refractivity contribution in [3.8, 4) is 5.75 Å². The molecule has 0 amide bonds. The second-order valence-corrected chi connectivity index (χ2v) is 3.15. The second-order valence-electron chi connectivity index (χ2n) is 3.15. The molecule has 3 nitrogen and oxygen atoms in total. The Hall–Kier alpha value is -1.13. The highest BCUT2D eigenvalue weighted by Crippen LogP contribution is 2.27. The molecule has 0 spiro atoms. The number of aliphatic hydroxyl groups excluding tert-OH is 1. The molecule has 1 atom stereocenters. The number of benzene rings is 1. The molecule has 0 aliphatic rings. The highest BCUT2D eigenvalue weighted by molar-refractivity contribution is 5.40. The lowest BCUT2D eigenvalue weighted by Crippen LogP contribution is -2.17. The van der Waals surface area contributed by atoms with Gasteiger partial charge < -0.3 is 15.6 Å². The highest BCUT2D eigenvalue weighted by Gasteiger charge is 2.16. The van der Waals surface area contributed by atoms with Gasteiger partial charge in [-0.25, -0.2) is 4.39 Å². The first-order valence-corrected chi connectivity index (χ1v) is 4.30. The van der Waals surface area contributed by atoms with Crippen LogP contribution in [0, 0.1) is 12.7 Å². The Balaban J connectivity index is 3.24. The highest BCUT2D eigenvalue weighted by atomic mass is 19.1. The van der Waals surface area contributed by atoms with Crippen molar-refractivity contribution in [2.45, 2.75) is 13.0 Å². The van der Waals surface area contributed by atoms with Gasteiger partial charge in [-0.05, 0) is 24.6 Å². The van der Waals surface area contributed by atoms with Crippen molar-refractivity contribution in [3.05, 3.63) is 29.1 Å². The van der Waals surface area contributed by atoms with Crippen molar-refractivity contribution in [3.63, 3.8) is 0 Å². The van der Waals surface area contributed by atoms with Crippen LogP contribution in [0.4, 0.5) is 4.39 Å². The quantitative estimate of drug-likeness (QED) is 0.767. The first kappa shape index (κ1) is 10.9. The van der Waals surface area contributed by atoms with E-state index in [-0.39, 0.29) is 12.2 Å². The molecule has 1 rings (SSSR count). The van der Waals surface area contributed by atoms with E-state index in [1.165, 1.54) is 13.2 Å². The van der Waals surface area contributed by atoms with Crippen LogP contribution in [0.2, 0.25) is 0 Å². The standard InChI is InChI=1S/C10H14FNO2/c1-6-3-7(11)10(8(12)5-13)9(4-6)14-2/h3-4,8,13H,5,12H2,1-2H3/t8-/m1/s1. The number of halogens is 1. The number of hydrogen-bond acceptors (Lipinski definition) is 3. The maximum Gasteiger partial charge on any atom is 0.132 e. The van der Waals surface area contributed by atoms with Gasteiger partial charge in [0.2, 0.25) is 0 Å². The molecule has 0 aromatic heterocycles. The van der Waals surface area contributed by atoms with Crippen LogP contribution < -0.4 is 10.5 Å². The molecule has 0 saturated heterocycles. The van der Waals surface area contributed by atoms with Crippen LogP contribution in [-0.4, -0.2) is 18.8 Å². The topological polar surface area (TPSA) is 55.5 Å². The monoisotopic (exact) mass is 199 g/mol. The van der Waals surface area contributed by atoms with Crippen LogP contribution in [0.25, 0.3) is 0 Å². The van der Waals surface area contributed by atoms with E-state index in [1.807, 2.05) is 0 Å². The molecule has 4 heteroatoms. The van der Waals surface area contributed by atoms with Gasteiger partial charge in [-0.15, -0.1) is 0 Å². The predicted molar refractivity (Wildman–Crippen MR) is 51.7 cm³/mol. The van der Waals surface area contributed by atoms with Gasteiger partial charge in [-0.3, -0.25) is 0 Å². The molecule has 3 N–H and O–H groups in total. The van der Waals surface area contributed by atoms with E-state index in [1.54, 1.807) is 13.0 Å². The van der Waals surface area contributed by atoms with E-state index >= 15 is 0 Å². The van der Waals surface area contributed by atoms with E-state index in [2.05, 4.69) is 0 Å². The molecular weight excluding hydrogens is 185 g/mol. The summed E-state index contributed by atoms with van der Waals surface area (Å²) < 4.78 is 18.5. The molecule has 0 heterocycles. The zero-order valence-electron chi connectivity index (χ0n) is 8.25. The van der Waals surface area contributed by atoms with Crippen LogP contribution in [0.15, 0.2) is 12.1 Å². The summed E-state index contributed by atoms with van der Waals surface area (Å²) >= 11 is 0. The molecule has 0 bridgehead atoms. The number of hydrogen-bond donors (Lipinski definition) is 2. The van der Waals surface area contributed by atoms with Gasteiger partial charge in [-0.2, -0.15) is 0 Å². The van der Waals surface area contributed by atoms with Crippen LogP contribution in [-0.2, 0) is 0 Å². The summed E-state index contributed by atoms with van der Waals surface area (Å²) in [5.41, 5.74) is 6.53. The van der Waals surface area contributed by atoms with Gasteiger partial charge in [0.1, 0.15) is 11.6 Å². The molecule has 1 aromatic rings.